The first-order chi connectivity index (χ1) is 7.95. The molecule has 2 aliphatic rings. The zero-order valence-corrected chi connectivity index (χ0v) is 11.0. The molecule has 0 aromatic heterocycles. The molecule has 2 aliphatic carbocycles. The number of ether oxygens (including phenoxy) is 1. The highest BCUT2D eigenvalue weighted by Crippen LogP contribution is 2.56. The lowest BCUT2D eigenvalue weighted by molar-refractivity contribution is -0.155. The van der Waals surface area contributed by atoms with Crippen molar-refractivity contribution in [3.63, 3.8) is 0 Å². The van der Waals surface area contributed by atoms with Crippen LogP contribution in [0.2, 0.25) is 0 Å². The molecule has 4 atom stereocenters. The second kappa shape index (κ2) is 4.43. The molecule has 2 saturated carbocycles. The summed E-state index contributed by atoms with van der Waals surface area (Å²) < 4.78 is 5.45. The van der Waals surface area contributed by atoms with E-state index in [9.17, 15) is 9.59 Å². The van der Waals surface area contributed by atoms with E-state index in [1.807, 2.05) is 0 Å². The normalized spacial score (nSPS) is 40.8. The third-order valence-corrected chi connectivity index (χ3v) is 4.87. The molecular formula is C14H22O3. The van der Waals surface area contributed by atoms with Crippen molar-refractivity contribution in [2.45, 2.75) is 59.0 Å². The Morgan fingerprint density at radius 1 is 1.18 bits per heavy atom. The minimum absolute atomic E-state index is 0.0376. The molecule has 0 radical (unpaired) electrons. The highest BCUT2D eigenvalue weighted by atomic mass is 16.5. The Morgan fingerprint density at radius 3 is 2.47 bits per heavy atom. The van der Waals surface area contributed by atoms with Gasteiger partial charge in [0.2, 0.25) is 0 Å². The zero-order chi connectivity index (χ0) is 12.6. The van der Waals surface area contributed by atoms with Crippen molar-refractivity contribution in [2.24, 2.45) is 17.3 Å². The third-order valence-electron chi connectivity index (χ3n) is 4.87. The van der Waals surface area contributed by atoms with Crippen LogP contribution in [0.15, 0.2) is 0 Å². The number of Topliss-reactive ketones (excluding diaryl/α,β-unsaturated/α-hetero) is 1. The predicted molar refractivity (Wildman–Crippen MR) is 64.4 cm³/mol. The number of hydrogen-bond donors (Lipinski definition) is 0. The van der Waals surface area contributed by atoms with Crippen molar-refractivity contribution >= 4 is 11.8 Å². The number of esters is 1. The average molecular weight is 238 g/mol. The lowest BCUT2D eigenvalue weighted by atomic mass is 9.63. The van der Waals surface area contributed by atoms with Crippen LogP contribution in [0.1, 0.15) is 52.9 Å². The summed E-state index contributed by atoms with van der Waals surface area (Å²) >= 11 is 0. The monoisotopic (exact) mass is 238 g/mol. The highest BCUT2D eigenvalue weighted by molar-refractivity contribution is 5.79. The molecule has 3 nitrogen and oxygen atoms in total. The second-order valence-electron chi connectivity index (χ2n) is 5.89. The fourth-order valence-corrected chi connectivity index (χ4v) is 4.14. The maximum absolute atomic E-state index is 11.7. The van der Waals surface area contributed by atoms with Crippen LogP contribution in [0, 0.1) is 17.3 Å². The summed E-state index contributed by atoms with van der Waals surface area (Å²) in [7, 11) is 0. The van der Waals surface area contributed by atoms with Gasteiger partial charge in [0.25, 0.3) is 0 Å². The predicted octanol–water partition coefficient (Wildman–Crippen LogP) is 2.72. The van der Waals surface area contributed by atoms with Crippen LogP contribution in [0.4, 0.5) is 0 Å². The van der Waals surface area contributed by atoms with Crippen molar-refractivity contribution in [1.29, 1.82) is 0 Å². The smallest absolute Gasteiger partial charge is 0.302 e. The van der Waals surface area contributed by atoms with Crippen molar-refractivity contribution in [3.05, 3.63) is 0 Å². The van der Waals surface area contributed by atoms with E-state index >= 15 is 0 Å². The lowest BCUT2D eigenvalue weighted by Crippen LogP contribution is -2.43. The minimum Gasteiger partial charge on any atom is -0.462 e. The molecular weight excluding hydrogens is 216 g/mol. The quantitative estimate of drug-likeness (QED) is 0.695. The molecule has 0 spiro atoms. The van der Waals surface area contributed by atoms with Gasteiger partial charge in [0, 0.05) is 18.8 Å². The van der Waals surface area contributed by atoms with Crippen LogP contribution in [-0.2, 0) is 14.3 Å². The average Bonchev–Trinajstić information content (AvgIpc) is 2.55. The van der Waals surface area contributed by atoms with Crippen LogP contribution in [0.25, 0.3) is 0 Å². The largest absolute Gasteiger partial charge is 0.462 e. The van der Waals surface area contributed by atoms with Gasteiger partial charge in [0.05, 0.1) is 0 Å². The van der Waals surface area contributed by atoms with E-state index in [1.54, 1.807) is 6.92 Å². The molecule has 2 rings (SSSR count). The van der Waals surface area contributed by atoms with Crippen LogP contribution in [0.3, 0.4) is 0 Å². The van der Waals surface area contributed by atoms with Gasteiger partial charge in [0.15, 0.2) is 0 Å². The van der Waals surface area contributed by atoms with Crippen molar-refractivity contribution < 1.29 is 14.3 Å². The first-order valence-corrected chi connectivity index (χ1v) is 6.63. The van der Waals surface area contributed by atoms with Gasteiger partial charge >= 0.3 is 5.97 Å². The van der Waals surface area contributed by atoms with E-state index in [0.717, 1.165) is 32.1 Å². The van der Waals surface area contributed by atoms with Crippen LogP contribution in [0.5, 0.6) is 0 Å². The molecule has 0 saturated heterocycles. The Balaban J connectivity index is 2.18. The van der Waals surface area contributed by atoms with E-state index in [1.165, 1.54) is 6.92 Å². The standard InChI is InChI=1S/C14H22O3/c1-9(15)11-6-7-12-13(17-10(2)16)5-4-8-14(11,12)3/h11-13H,4-8H2,1-3H3. The molecule has 96 valence electrons. The number of fused-ring (bicyclic) bond motifs is 1. The Morgan fingerprint density at radius 2 is 1.88 bits per heavy atom. The first-order valence-electron chi connectivity index (χ1n) is 6.63. The van der Waals surface area contributed by atoms with Crippen molar-refractivity contribution in [2.75, 3.05) is 0 Å². The maximum Gasteiger partial charge on any atom is 0.302 e. The van der Waals surface area contributed by atoms with Crippen molar-refractivity contribution in [1.82, 2.24) is 0 Å². The third kappa shape index (κ3) is 2.12. The van der Waals surface area contributed by atoms with Gasteiger partial charge in [-0.3, -0.25) is 9.59 Å². The second-order valence-corrected chi connectivity index (χ2v) is 5.89. The van der Waals surface area contributed by atoms with Gasteiger partial charge in [0.1, 0.15) is 11.9 Å². The number of hydrogen-bond acceptors (Lipinski definition) is 3. The van der Waals surface area contributed by atoms with Gasteiger partial charge in [-0.05, 0) is 44.4 Å². The molecule has 0 amide bonds. The van der Waals surface area contributed by atoms with Gasteiger partial charge in [-0.2, -0.15) is 0 Å². The number of ketones is 1. The Bertz CT molecular complexity index is 336. The molecule has 3 heteroatoms. The number of rotatable bonds is 2. The summed E-state index contributed by atoms with van der Waals surface area (Å²) in [6.07, 6.45) is 5.15. The summed E-state index contributed by atoms with van der Waals surface area (Å²) in [5, 5.41) is 0. The van der Waals surface area contributed by atoms with Gasteiger partial charge in [-0.15, -0.1) is 0 Å². The Hall–Kier alpha value is -0.860. The summed E-state index contributed by atoms with van der Waals surface area (Å²) in [6.45, 7) is 5.39. The molecule has 0 heterocycles. The van der Waals surface area contributed by atoms with Crippen LogP contribution >= 0.6 is 0 Å². The molecule has 17 heavy (non-hydrogen) atoms. The van der Waals surface area contributed by atoms with Crippen molar-refractivity contribution in [3.8, 4) is 0 Å². The molecule has 4 unspecified atom stereocenters. The molecule has 2 fully saturated rings. The lowest BCUT2D eigenvalue weighted by Gasteiger charge is -2.43. The fourth-order valence-electron chi connectivity index (χ4n) is 4.14. The SMILES string of the molecule is CC(=O)OC1CCCC2(C)C(C(C)=O)CCC12. The highest BCUT2D eigenvalue weighted by Gasteiger charge is 2.53. The Labute approximate surface area is 103 Å². The van der Waals surface area contributed by atoms with E-state index in [0.29, 0.717) is 11.7 Å². The summed E-state index contributed by atoms with van der Waals surface area (Å²) in [5.74, 6) is 0.670. The molecule has 0 aromatic carbocycles. The van der Waals surface area contributed by atoms with Gasteiger partial charge < -0.3 is 4.74 Å². The van der Waals surface area contributed by atoms with Crippen LogP contribution < -0.4 is 0 Å². The summed E-state index contributed by atoms with van der Waals surface area (Å²) in [4.78, 5) is 22.9. The molecule has 0 aromatic rings. The number of carbonyl (C=O) groups excluding carboxylic acids is 2. The molecule has 0 aliphatic heterocycles. The molecule has 0 N–H and O–H groups in total. The van der Waals surface area contributed by atoms with E-state index in [-0.39, 0.29) is 23.4 Å². The molecule has 0 bridgehead atoms. The minimum atomic E-state index is -0.189. The fraction of sp³-hybridized carbons (Fsp3) is 0.857. The van der Waals surface area contributed by atoms with Crippen LogP contribution in [-0.4, -0.2) is 17.9 Å². The first kappa shape index (κ1) is 12.6. The van der Waals surface area contributed by atoms with Gasteiger partial charge in [-0.1, -0.05) is 6.92 Å². The van der Waals surface area contributed by atoms with E-state index in [4.69, 9.17) is 4.74 Å². The topological polar surface area (TPSA) is 43.4 Å². The van der Waals surface area contributed by atoms with E-state index in [2.05, 4.69) is 6.92 Å². The summed E-state index contributed by atoms with van der Waals surface area (Å²) in [6, 6.07) is 0. The summed E-state index contributed by atoms with van der Waals surface area (Å²) in [5.41, 5.74) is 0.0597. The number of carbonyl (C=O) groups is 2. The Kier molecular flexibility index (Phi) is 3.28. The maximum atomic E-state index is 11.7. The van der Waals surface area contributed by atoms with E-state index < -0.39 is 0 Å². The zero-order valence-electron chi connectivity index (χ0n) is 11.0. The van der Waals surface area contributed by atoms with Gasteiger partial charge in [-0.25, -0.2) is 0 Å².